The average Bonchev–Trinajstić information content (AvgIpc) is 3.08. The van der Waals surface area contributed by atoms with Gasteiger partial charge in [-0.3, -0.25) is 9.29 Å². The van der Waals surface area contributed by atoms with E-state index in [-0.39, 0.29) is 16.1 Å². The van der Waals surface area contributed by atoms with Gasteiger partial charge in [0.15, 0.2) is 0 Å². The molecule has 2 aromatic heterocycles. The molecule has 0 bridgehead atoms. The Labute approximate surface area is 146 Å². The first kappa shape index (κ1) is 17.1. The molecular weight excluding hydrogens is 338 g/mol. The Kier molecular flexibility index (Phi) is 4.30. The summed E-state index contributed by atoms with van der Waals surface area (Å²) in [6.45, 7) is 6.23. The van der Waals surface area contributed by atoms with E-state index >= 15 is 0 Å². The van der Waals surface area contributed by atoms with Crippen LogP contribution in [0.1, 0.15) is 26.3 Å². The third-order valence-electron chi connectivity index (χ3n) is 3.69. The van der Waals surface area contributed by atoms with Gasteiger partial charge in [-0.2, -0.15) is 0 Å². The van der Waals surface area contributed by atoms with E-state index in [0.717, 1.165) is 5.56 Å². The smallest absolute Gasteiger partial charge is 0.263 e. The molecule has 0 fully saturated rings. The largest absolute Gasteiger partial charge is 0.290 e. The number of benzene rings is 1. The van der Waals surface area contributed by atoms with E-state index in [1.165, 1.54) is 6.33 Å². The van der Waals surface area contributed by atoms with Crippen molar-refractivity contribution >= 4 is 15.8 Å². The number of rotatable bonds is 4. The highest BCUT2D eigenvalue weighted by atomic mass is 32.2. The van der Waals surface area contributed by atoms with Crippen molar-refractivity contribution in [2.75, 3.05) is 4.72 Å². The highest BCUT2D eigenvalue weighted by Crippen LogP contribution is 2.24. The summed E-state index contributed by atoms with van der Waals surface area (Å²) in [5.41, 5.74) is 1.03. The fraction of sp³-hybridized carbons (Fsp3) is 0.235. The highest BCUT2D eigenvalue weighted by molar-refractivity contribution is 7.92. The second-order valence-electron chi connectivity index (χ2n) is 6.61. The third kappa shape index (κ3) is 3.85. The lowest BCUT2D eigenvalue weighted by Crippen LogP contribution is -2.16. The zero-order chi connectivity index (χ0) is 18.1. The molecule has 3 aromatic rings. The third-order valence-corrected chi connectivity index (χ3v) is 5.06. The number of nitrogens with zero attached hydrogens (tertiary/aromatic N) is 4. The fourth-order valence-corrected chi connectivity index (χ4v) is 3.27. The predicted octanol–water partition coefficient (Wildman–Crippen LogP) is 2.76. The first-order chi connectivity index (χ1) is 11.8. The summed E-state index contributed by atoms with van der Waals surface area (Å²) in [6.07, 6.45) is 6.20. The van der Waals surface area contributed by atoms with Crippen molar-refractivity contribution in [3.63, 3.8) is 0 Å². The molecule has 0 saturated carbocycles. The SMILES string of the molecule is CC(C)(C)c1ccc(S(=O)(=O)Nc2cc(-n3ccnc3)ncn2)cc1. The Hall–Kier alpha value is -2.74. The molecule has 25 heavy (non-hydrogen) atoms. The van der Waals surface area contributed by atoms with E-state index < -0.39 is 10.0 Å². The summed E-state index contributed by atoms with van der Waals surface area (Å²) in [5, 5.41) is 0. The van der Waals surface area contributed by atoms with Crippen LogP contribution in [0.5, 0.6) is 0 Å². The van der Waals surface area contributed by atoms with Crippen LogP contribution in [0.25, 0.3) is 5.82 Å². The molecule has 1 N–H and O–H groups in total. The van der Waals surface area contributed by atoms with Crippen molar-refractivity contribution in [2.24, 2.45) is 0 Å². The van der Waals surface area contributed by atoms with E-state index in [4.69, 9.17) is 0 Å². The van der Waals surface area contributed by atoms with Crippen LogP contribution in [-0.4, -0.2) is 27.9 Å². The second kappa shape index (κ2) is 6.29. The first-order valence-corrected chi connectivity index (χ1v) is 9.18. The molecule has 3 rings (SSSR count). The molecule has 0 amide bonds. The van der Waals surface area contributed by atoms with Crippen molar-refractivity contribution < 1.29 is 8.42 Å². The molecule has 7 nitrogen and oxygen atoms in total. The van der Waals surface area contributed by atoms with Crippen LogP contribution in [0.3, 0.4) is 0 Å². The van der Waals surface area contributed by atoms with E-state index in [9.17, 15) is 8.42 Å². The van der Waals surface area contributed by atoms with E-state index in [1.54, 1.807) is 41.5 Å². The lowest BCUT2D eigenvalue weighted by atomic mass is 9.87. The number of hydrogen-bond acceptors (Lipinski definition) is 5. The molecule has 1 aromatic carbocycles. The maximum atomic E-state index is 12.6. The van der Waals surface area contributed by atoms with Crippen molar-refractivity contribution in [2.45, 2.75) is 31.1 Å². The van der Waals surface area contributed by atoms with E-state index in [1.807, 2.05) is 12.1 Å². The lowest BCUT2D eigenvalue weighted by Gasteiger charge is -2.19. The minimum Gasteiger partial charge on any atom is -0.290 e. The van der Waals surface area contributed by atoms with Gasteiger partial charge in [0.05, 0.1) is 4.90 Å². The zero-order valence-corrected chi connectivity index (χ0v) is 15.0. The number of aromatic nitrogens is 4. The number of imidazole rings is 1. The van der Waals surface area contributed by atoms with Gasteiger partial charge in [-0.15, -0.1) is 0 Å². The molecule has 0 atom stereocenters. The van der Waals surface area contributed by atoms with Gasteiger partial charge in [0.2, 0.25) is 0 Å². The van der Waals surface area contributed by atoms with Crippen LogP contribution in [-0.2, 0) is 15.4 Å². The molecule has 0 aliphatic carbocycles. The topological polar surface area (TPSA) is 89.8 Å². The lowest BCUT2D eigenvalue weighted by molar-refractivity contribution is 0.587. The van der Waals surface area contributed by atoms with Crippen LogP contribution in [0.15, 0.2) is 60.3 Å². The summed E-state index contributed by atoms with van der Waals surface area (Å²) in [5.74, 6) is 0.715. The molecule has 8 heteroatoms. The molecule has 2 heterocycles. The van der Waals surface area contributed by atoms with Gasteiger partial charge in [-0.1, -0.05) is 32.9 Å². The molecule has 0 aliphatic heterocycles. The number of anilines is 1. The maximum Gasteiger partial charge on any atom is 0.263 e. The van der Waals surface area contributed by atoms with Crippen LogP contribution in [0.2, 0.25) is 0 Å². The standard InChI is InChI=1S/C17H19N5O2S/c1-17(2,3)13-4-6-14(7-5-13)25(23,24)21-15-10-16(20-11-19-15)22-9-8-18-12-22/h4-12H,1-3H3,(H,19,20,21). The Balaban J connectivity index is 1.86. The first-order valence-electron chi connectivity index (χ1n) is 7.69. The second-order valence-corrected chi connectivity index (χ2v) is 8.29. The normalized spacial score (nSPS) is 12.1. The molecule has 0 radical (unpaired) electrons. The highest BCUT2D eigenvalue weighted by Gasteiger charge is 2.18. The number of hydrogen-bond donors (Lipinski definition) is 1. The van der Waals surface area contributed by atoms with E-state index in [0.29, 0.717) is 5.82 Å². The molecule has 0 unspecified atom stereocenters. The zero-order valence-electron chi connectivity index (χ0n) is 14.2. The molecule has 0 saturated heterocycles. The summed E-state index contributed by atoms with van der Waals surface area (Å²) in [4.78, 5) is 12.2. The van der Waals surface area contributed by atoms with Crippen LogP contribution >= 0.6 is 0 Å². The molecule has 130 valence electrons. The minimum atomic E-state index is -3.73. The Morgan fingerprint density at radius 2 is 1.80 bits per heavy atom. The summed E-state index contributed by atoms with van der Waals surface area (Å²) >= 11 is 0. The van der Waals surface area contributed by atoms with Crippen molar-refractivity contribution in [3.05, 3.63) is 60.9 Å². The van der Waals surface area contributed by atoms with Gasteiger partial charge in [-0.25, -0.2) is 23.4 Å². The quantitative estimate of drug-likeness (QED) is 0.775. The summed E-state index contributed by atoms with van der Waals surface area (Å²) in [7, 11) is -3.73. The van der Waals surface area contributed by atoms with Gasteiger partial charge in [-0.05, 0) is 23.1 Å². The Morgan fingerprint density at radius 3 is 2.40 bits per heavy atom. The van der Waals surface area contributed by atoms with Gasteiger partial charge in [0.1, 0.15) is 24.3 Å². The molecular formula is C17H19N5O2S. The molecule has 0 spiro atoms. The van der Waals surface area contributed by atoms with Gasteiger partial charge in [0.25, 0.3) is 10.0 Å². The van der Waals surface area contributed by atoms with Crippen molar-refractivity contribution in [1.82, 2.24) is 19.5 Å². The van der Waals surface area contributed by atoms with Crippen LogP contribution in [0.4, 0.5) is 5.82 Å². The van der Waals surface area contributed by atoms with Crippen LogP contribution in [0, 0.1) is 0 Å². The van der Waals surface area contributed by atoms with Crippen LogP contribution < -0.4 is 4.72 Å². The summed E-state index contributed by atoms with van der Waals surface area (Å²) < 4.78 is 29.3. The Bertz CT molecular complexity index is 959. The number of nitrogens with one attached hydrogen (secondary N) is 1. The Morgan fingerprint density at radius 1 is 1.08 bits per heavy atom. The maximum absolute atomic E-state index is 12.6. The van der Waals surface area contributed by atoms with Gasteiger partial charge >= 0.3 is 0 Å². The fourth-order valence-electron chi connectivity index (χ4n) is 2.27. The van der Waals surface area contributed by atoms with Gasteiger partial charge < -0.3 is 0 Å². The number of sulfonamides is 1. The van der Waals surface area contributed by atoms with E-state index in [2.05, 4.69) is 40.4 Å². The van der Waals surface area contributed by atoms with Crippen molar-refractivity contribution in [1.29, 1.82) is 0 Å². The minimum absolute atomic E-state index is 0.0396. The predicted molar refractivity (Wildman–Crippen MR) is 95.1 cm³/mol. The monoisotopic (exact) mass is 357 g/mol. The van der Waals surface area contributed by atoms with Crippen molar-refractivity contribution in [3.8, 4) is 5.82 Å². The average molecular weight is 357 g/mol. The van der Waals surface area contributed by atoms with Gasteiger partial charge in [0, 0.05) is 18.5 Å². The summed E-state index contributed by atoms with van der Waals surface area (Å²) in [6, 6.07) is 8.39. The molecule has 0 aliphatic rings.